The van der Waals surface area contributed by atoms with Crippen LogP contribution in [0.4, 0.5) is 13.2 Å². The molecular weight excluding hydrogens is 356 g/mol. The van der Waals surface area contributed by atoms with E-state index in [4.69, 9.17) is 23.2 Å². The molecule has 0 saturated heterocycles. The van der Waals surface area contributed by atoms with Crippen LogP contribution in [-0.2, 0) is 21.2 Å². The van der Waals surface area contributed by atoms with Crippen molar-refractivity contribution in [3.05, 3.63) is 28.3 Å². The van der Waals surface area contributed by atoms with Crippen molar-refractivity contribution in [3.8, 4) is 0 Å². The average molecular weight is 365 g/mol. The monoisotopic (exact) mass is 364 g/mol. The first kappa shape index (κ1) is 18.2. The molecule has 0 aliphatic heterocycles. The second-order valence-corrected chi connectivity index (χ2v) is 6.65. The fourth-order valence-corrected chi connectivity index (χ4v) is 2.96. The maximum atomic E-state index is 12.8. The van der Waals surface area contributed by atoms with Crippen LogP contribution in [0.1, 0.15) is 15.9 Å². The lowest BCUT2D eigenvalue weighted by Gasteiger charge is -2.14. The molecule has 0 saturated carbocycles. The number of alkyl halides is 3. The normalized spacial score (nSPS) is 13.5. The van der Waals surface area contributed by atoms with Gasteiger partial charge in [-0.05, 0) is 23.7 Å². The van der Waals surface area contributed by atoms with Crippen molar-refractivity contribution in [1.29, 1.82) is 0 Å². The van der Waals surface area contributed by atoms with E-state index in [1.165, 1.54) is 0 Å². The lowest BCUT2D eigenvalue weighted by atomic mass is 10.1. The third-order valence-electron chi connectivity index (χ3n) is 2.40. The Bertz CT molecular complexity index is 649. The summed E-state index contributed by atoms with van der Waals surface area (Å²) in [6, 6.07) is 2.09. The molecule has 0 N–H and O–H groups in total. The molecule has 0 aliphatic rings. The Morgan fingerprint density at radius 2 is 1.90 bits per heavy atom. The predicted octanol–water partition coefficient (Wildman–Crippen LogP) is 3.20. The highest BCUT2D eigenvalue weighted by molar-refractivity contribution is 7.90. The maximum absolute atomic E-state index is 12.8. The minimum absolute atomic E-state index is 0.239. The lowest BCUT2D eigenvalue weighted by Crippen LogP contribution is -2.17. The molecule has 21 heavy (non-hydrogen) atoms. The van der Waals surface area contributed by atoms with Crippen LogP contribution in [0.15, 0.2) is 17.0 Å². The highest BCUT2D eigenvalue weighted by Gasteiger charge is 2.25. The topological polar surface area (TPSA) is 60.4 Å². The van der Waals surface area contributed by atoms with Crippen molar-refractivity contribution in [3.63, 3.8) is 0 Å². The number of benzene rings is 1. The molecule has 1 atom stereocenters. The van der Waals surface area contributed by atoms with E-state index < -0.39 is 34.5 Å². The van der Waals surface area contributed by atoms with Gasteiger partial charge >= 0.3 is 0 Å². The van der Waals surface area contributed by atoms with Crippen LogP contribution in [-0.4, -0.2) is 32.7 Å². The number of ether oxygens (including phenoxy) is 1. The summed E-state index contributed by atoms with van der Waals surface area (Å²) in [5, 5.41) is -1.37. The van der Waals surface area contributed by atoms with Gasteiger partial charge < -0.3 is 4.74 Å². The Balaban J connectivity index is 3.30. The van der Waals surface area contributed by atoms with E-state index in [0.717, 1.165) is 18.4 Å². The summed E-state index contributed by atoms with van der Waals surface area (Å²) in [5.41, 5.74) is -0.550. The van der Waals surface area contributed by atoms with Gasteiger partial charge in [-0.25, -0.2) is 21.6 Å². The molecule has 0 bridgehead atoms. The fourth-order valence-electron chi connectivity index (χ4n) is 1.47. The number of hydrogen-bond acceptors (Lipinski definition) is 4. The summed E-state index contributed by atoms with van der Waals surface area (Å²) in [6.45, 7) is -0.856. The zero-order valence-corrected chi connectivity index (χ0v) is 12.8. The summed E-state index contributed by atoms with van der Waals surface area (Å²) in [4.78, 5) is 10.8. The molecule has 1 aromatic rings. The smallest absolute Gasteiger partial charge is 0.293 e. The molecule has 10 heteroatoms. The largest absolute Gasteiger partial charge is 0.339 e. The van der Waals surface area contributed by atoms with Crippen molar-refractivity contribution in [2.45, 2.75) is 24.3 Å². The van der Waals surface area contributed by atoms with Crippen LogP contribution in [0.5, 0.6) is 0 Å². The SMILES string of the molecule is CS(=O)(=O)c1ccc(C(=O)Cl)c(Cl)c1COC(F)C(F)F. The molecule has 0 aliphatic carbocycles. The van der Waals surface area contributed by atoms with E-state index in [2.05, 4.69) is 4.74 Å². The molecule has 0 heterocycles. The highest BCUT2D eigenvalue weighted by Crippen LogP contribution is 2.30. The summed E-state index contributed by atoms with van der Waals surface area (Å²) >= 11 is 11.1. The minimum Gasteiger partial charge on any atom is -0.339 e. The van der Waals surface area contributed by atoms with E-state index in [1.807, 2.05) is 0 Å². The minimum atomic E-state index is -3.80. The summed E-state index contributed by atoms with van der Waals surface area (Å²) in [6.07, 6.45) is -5.48. The molecule has 118 valence electrons. The highest BCUT2D eigenvalue weighted by atomic mass is 35.5. The molecule has 0 radical (unpaired) electrons. The molecule has 0 amide bonds. The van der Waals surface area contributed by atoms with Crippen molar-refractivity contribution in [2.75, 3.05) is 6.26 Å². The Hall–Kier alpha value is -0.830. The van der Waals surface area contributed by atoms with Gasteiger partial charge in [-0.2, -0.15) is 0 Å². The second-order valence-electron chi connectivity index (χ2n) is 3.95. The Labute approximate surface area is 128 Å². The van der Waals surface area contributed by atoms with Gasteiger partial charge in [0.2, 0.25) is 0 Å². The average Bonchev–Trinajstić information content (AvgIpc) is 2.34. The van der Waals surface area contributed by atoms with Crippen LogP contribution in [0, 0.1) is 0 Å². The zero-order chi connectivity index (χ0) is 16.4. The van der Waals surface area contributed by atoms with Gasteiger partial charge in [-0.3, -0.25) is 4.79 Å². The van der Waals surface area contributed by atoms with Gasteiger partial charge in [0, 0.05) is 11.8 Å². The molecule has 1 aromatic carbocycles. The first-order chi connectivity index (χ1) is 9.55. The van der Waals surface area contributed by atoms with Crippen LogP contribution >= 0.6 is 23.2 Å². The van der Waals surface area contributed by atoms with Gasteiger partial charge in [-0.15, -0.1) is 0 Å². The van der Waals surface area contributed by atoms with Gasteiger partial charge in [0.25, 0.3) is 18.0 Å². The first-order valence-electron chi connectivity index (χ1n) is 5.30. The number of carbonyl (C=O) groups is 1. The third-order valence-corrected chi connectivity index (χ3v) is 4.21. The van der Waals surface area contributed by atoms with Crippen molar-refractivity contribution < 1.29 is 31.1 Å². The summed E-state index contributed by atoms with van der Waals surface area (Å²) in [5.74, 6) is 0. The Morgan fingerprint density at radius 3 is 2.33 bits per heavy atom. The summed E-state index contributed by atoms with van der Waals surface area (Å²) < 4.78 is 64.3. The number of hydrogen-bond donors (Lipinski definition) is 0. The number of sulfone groups is 1. The molecule has 0 spiro atoms. The second kappa shape index (κ2) is 6.95. The van der Waals surface area contributed by atoms with Crippen LogP contribution < -0.4 is 0 Å². The van der Waals surface area contributed by atoms with E-state index >= 15 is 0 Å². The van der Waals surface area contributed by atoms with E-state index in [0.29, 0.717) is 0 Å². The van der Waals surface area contributed by atoms with Gasteiger partial charge in [-0.1, -0.05) is 11.6 Å². The lowest BCUT2D eigenvalue weighted by molar-refractivity contribution is -0.135. The Morgan fingerprint density at radius 1 is 1.33 bits per heavy atom. The van der Waals surface area contributed by atoms with Gasteiger partial charge in [0.1, 0.15) is 0 Å². The van der Waals surface area contributed by atoms with Crippen molar-refractivity contribution in [1.82, 2.24) is 0 Å². The van der Waals surface area contributed by atoms with Crippen molar-refractivity contribution >= 4 is 38.3 Å². The van der Waals surface area contributed by atoms with Crippen LogP contribution in [0.2, 0.25) is 5.02 Å². The van der Waals surface area contributed by atoms with Gasteiger partial charge in [0.05, 0.1) is 22.1 Å². The van der Waals surface area contributed by atoms with Crippen molar-refractivity contribution in [2.24, 2.45) is 0 Å². The third kappa shape index (κ3) is 4.57. The molecule has 0 fully saturated rings. The molecule has 0 aromatic heterocycles. The maximum Gasteiger partial charge on any atom is 0.293 e. The number of halogens is 5. The zero-order valence-electron chi connectivity index (χ0n) is 10.4. The van der Waals surface area contributed by atoms with Gasteiger partial charge in [0.15, 0.2) is 9.84 Å². The quantitative estimate of drug-likeness (QED) is 0.727. The van der Waals surface area contributed by atoms with Crippen LogP contribution in [0.3, 0.4) is 0 Å². The first-order valence-corrected chi connectivity index (χ1v) is 7.95. The standard InChI is InChI=1S/C11H9Cl2F3O4S/c1-21(18,19)7-3-2-5(9(13)17)8(12)6(7)4-20-11(16)10(14)15/h2-3,10-11H,4H2,1H3. The molecule has 1 unspecified atom stereocenters. The van der Waals surface area contributed by atoms with Crippen LogP contribution in [0.25, 0.3) is 0 Å². The molecule has 1 rings (SSSR count). The van der Waals surface area contributed by atoms with E-state index in [9.17, 15) is 26.4 Å². The fraction of sp³-hybridized carbons (Fsp3) is 0.364. The molecule has 4 nitrogen and oxygen atoms in total. The molecular formula is C11H9Cl2F3O4S. The Kier molecular flexibility index (Phi) is 6.03. The van der Waals surface area contributed by atoms with E-state index in [-0.39, 0.29) is 21.0 Å². The number of rotatable bonds is 6. The van der Waals surface area contributed by atoms with E-state index in [1.54, 1.807) is 0 Å². The predicted molar refractivity (Wildman–Crippen MR) is 70.4 cm³/mol. The summed E-state index contributed by atoms with van der Waals surface area (Å²) in [7, 11) is -3.80. The number of carbonyl (C=O) groups excluding carboxylic acids is 1.